The van der Waals surface area contributed by atoms with Gasteiger partial charge in [0.05, 0.1) is 12.7 Å². The molecule has 1 aromatic rings. The first-order valence-corrected chi connectivity index (χ1v) is 7.26. The molecular weight excluding hydrogens is 256 g/mol. The van der Waals surface area contributed by atoms with Crippen LogP contribution in [0.3, 0.4) is 0 Å². The first-order chi connectivity index (χ1) is 9.68. The Kier molecular flexibility index (Phi) is 5.35. The van der Waals surface area contributed by atoms with E-state index in [0.717, 1.165) is 6.42 Å². The predicted octanol–water partition coefficient (Wildman–Crippen LogP) is 1.65. The Hall–Kier alpha value is -1.62. The molecule has 0 aliphatic heterocycles. The van der Waals surface area contributed by atoms with Gasteiger partial charge in [0.15, 0.2) is 6.20 Å². The Morgan fingerprint density at radius 1 is 1.45 bits per heavy atom. The molecule has 0 aromatic carbocycles. The highest BCUT2D eigenvalue weighted by atomic mass is 16.5. The Balaban J connectivity index is 1.71. The third-order valence-electron chi connectivity index (χ3n) is 3.81. The van der Waals surface area contributed by atoms with Crippen LogP contribution in [-0.2, 0) is 4.74 Å². The Labute approximate surface area is 119 Å². The summed E-state index contributed by atoms with van der Waals surface area (Å²) < 4.78 is 6.38. The number of amides is 1. The summed E-state index contributed by atoms with van der Waals surface area (Å²) in [5.41, 5.74) is 0.110. The van der Waals surface area contributed by atoms with Gasteiger partial charge in [0.1, 0.15) is 0 Å². The molecular formula is C15H22N2O3. The minimum absolute atomic E-state index is 0.110. The van der Waals surface area contributed by atoms with Crippen LogP contribution in [0, 0.1) is 11.1 Å². The second kappa shape index (κ2) is 7.24. The first-order valence-electron chi connectivity index (χ1n) is 7.26. The van der Waals surface area contributed by atoms with Crippen molar-refractivity contribution >= 4 is 5.91 Å². The first kappa shape index (κ1) is 14.8. The van der Waals surface area contributed by atoms with E-state index in [0.29, 0.717) is 29.9 Å². The highest BCUT2D eigenvalue weighted by Crippen LogP contribution is 2.25. The van der Waals surface area contributed by atoms with Crippen molar-refractivity contribution in [3.8, 4) is 0 Å². The molecule has 0 saturated heterocycles. The van der Waals surface area contributed by atoms with E-state index in [1.807, 2.05) is 0 Å². The zero-order valence-corrected chi connectivity index (χ0v) is 11.9. The van der Waals surface area contributed by atoms with Crippen LogP contribution in [0.15, 0.2) is 24.4 Å². The average Bonchev–Trinajstić information content (AvgIpc) is 2.45. The van der Waals surface area contributed by atoms with Gasteiger partial charge in [0, 0.05) is 18.7 Å². The highest BCUT2D eigenvalue weighted by molar-refractivity contribution is 5.90. The summed E-state index contributed by atoms with van der Waals surface area (Å²) in [7, 11) is 0. The van der Waals surface area contributed by atoms with E-state index in [4.69, 9.17) is 4.74 Å². The topological polar surface area (TPSA) is 65.3 Å². The Morgan fingerprint density at radius 2 is 2.25 bits per heavy atom. The molecule has 1 aliphatic carbocycles. The van der Waals surface area contributed by atoms with Crippen molar-refractivity contribution in [1.82, 2.24) is 5.32 Å². The molecule has 1 heterocycles. The Morgan fingerprint density at radius 3 is 3.00 bits per heavy atom. The maximum absolute atomic E-state index is 11.8. The molecule has 2 atom stereocenters. The highest BCUT2D eigenvalue weighted by Gasteiger charge is 2.21. The third-order valence-corrected chi connectivity index (χ3v) is 3.81. The minimum Gasteiger partial charge on any atom is -0.618 e. The average molecular weight is 278 g/mol. The van der Waals surface area contributed by atoms with Gasteiger partial charge in [0.25, 0.3) is 5.69 Å². The van der Waals surface area contributed by atoms with E-state index in [1.54, 1.807) is 12.1 Å². The van der Waals surface area contributed by atoms with E-state index in [2.05, 4.69) is 12.2 Å². The number of hydrogen-bond acceptors (Lipinski definition) is 3. The summed E-state index contributed by atoms with van der Waals surface area (Å²) >= 11 is 0. The minimum atomic E-state index is -0.360. The molecule has 0 bridgehead atoms. The van der Waals surface area contributed by atoms with Crippen LogP contribution in [0.25, 0.3) is 0 Å². The molecule has 1 aromatic heterocycles. The largest absolute Gasteiger partial charge is 0.618 e. The lowest BCUT2D eigenvalue weighted by Crippen LogP contribution is -2.40. The van der Waals surface area contributed by atoms with Crippen molar-refractivity contribution in [1.29, 1.82) is 0 Å². The fourth-order valence-electron chi connectivity index (χ4n) is 2.60. The van der Waals surface area contributed by atoms with Crippen LogP contribution in [0.4, 0.5) is 0 Å². The number of carbonyl (C=O) groups excluding carboxylic acids is 1. The number of aromatic nitrogens is 1. The number of ether oxygens (including phenoxy) is 1. The third kappa shape index (κ3) is 3.93. The van der Waals surface area contributed by atoms with Crippen LogP contribution < -0.4 is 10.0 Å². The maximum Gasteiger partial charge on any atom is 0.317 e. The van der Waals surface area contributed by atoms with Gasteiger partial charge in [-0.25, -0.2) is 0 Å². The second-order valence-corrected chi connectivity index (χ2v) is 5.34. The number of nitrogens with one attached hydrogen (secondary N) is 1. The van der Waals surface area contributed by atoms with Gasteiger partial charge in [-0.1, -0.05) is 19.8 Å². The molecule has 5 nitrogen and oxygen atoms in total. The van der Waals surface area contributed by atoms with Crippen LogP contribution in [0.2, 0.25) is 0 Å². The number of rotatable bonds is 5. The van der Waals surface area contributed by atoms with Gasteiger partial charge >= 0.3 is 5.91 Å². The second-order valence-electron chi connectivity index (χ2n) is 5.34. The van der Waals surface area contributed by atoms with Crippen molar-refractivity contribution in [3.63, 3.8) is 0 Å². The normalized spacial score (nSPS) is 22.4. The lowest BCUT2D eigenvalue weighted by molar-refractivity contribution is -0.607. The smallest absolute Gasteiger partial charge is 0.317 e. The zero-order chi connectivity index (χ0) is 14.4. The summed E-state index contributed by atoms with van der Waals surface area (Å²) in [6.07, 6.45) is 6.46. The molecule has 1 amide bonds. The van der Waals surface area contributed by atoms with E-state index < -0.39 is 0 Å². The molecule has 1 saturated carbocycles. The molecule has 1 N–H and O–H groups in total. The fraction of sp³-hybridized carbons (Fsp3) is 0.600. The van der Waals surface area contributed by atoms with Gasteiger partial charge in [-0.05, 0) is 24.8 Å². The molecule has 0 unspecified atom stereocenters. The molecule has 2 rings (SSSR count). The molecule has 1 aliphatic rings. The molecule has 0 radical (unpaired) electrons. The summed E-state index contributed by atoms with van der Waals surface area (Å²) in [5, 5.41) is 14.1. The van der Waals surface area contributed by atoms with Crippen LogP contribution >= 0.6 is 0 Å². The molecule has 110 valence electrons. The van der Waals surface area contributed by atoms with Crippen LogP contribution in [0.5, 0.6) is 0 Å². The van der Waals surface area contributed by atoms with Gasteiger partial charge in [-0.2, -0.15) is 4.73 Å². The molecule has 20 heavy (non-hydrogen) atoms. The predicted molar refractivity (Wildman–Crippen MR) is 75.1 cm³/mol. The number of hydrogen-bond donors (Lipinski definition) is 1. The van der Waals surface area contributed by atoms with Crippen LogP contribution in [0.1, 0.15) is 43.1 Å². The summed E-state index contributed by atoms with van der Waals surface area (Å²) in [5.74, 6) is 0.235. The number of carbonyl (C=O) groups is 1. The van der Waals surface area contributed by atoms with Crippen molar-refractivity contribution in [3.05, 3.63) is 35.3 Å². The van der Waals surface area contributed by atoms with Crippen molar-refractivity contribution in [2.24, 2.45) is 5.92 Å². The van der Waals surface area contributed by atoms with Crippen LogP contribution in [-0.4, -0.2) is 25.2 Å². The SMILES string of the molecule is C[C@@H]1CCCC[C@H]1OCCNC(=O)c1cccc[n+]1[O-]. The quantitative estimate of drug-likeness (QED) is 0.506. The monoisotopic (exact) mass is 278 g/mol. The van der Waals surface area contributed by atoms with Gasteiger partial charge < -0.3 is 15.3 Å². The Bertz CT molecular complexity index is 450. The molecule has 5 heteroatoms. The molecule has 1 fully saturated rings. The van der Waals surface area contributed by atoms with E-state index in [9.17, 15) is 10.0 Å². The van der Waals surface area contributed by atoms with Gasteiger partial charge in [0.2, 0.25) is 0 Å². The van der Waals surface area contributed by atoms with E-state index in [1.165, 1.54) is 31.5 Å². The van der Waals surface area contributed by atoms with Gasteiger partial charge in [-0.15, -0.1) is 0 Å². The fourth-order valence-corrected chi connectivity index (χ4v) is 2.60. The number of nitrogens with zero attached hydrogens (tertiary/aromatic N) is 1. The summed E-state index contributed by atoms with van der Waals surface area (Å²) in [4.78, 5) is 11.8. The van der Waals surface area contributed by atoms with Gasteiger partial charge in [-0.3, -0.25) is 4.79 Å². The lowest BCUT2D eigenvalue weighted by Gasteiger charge is -2.28. The van der Waals surface area contributed by atoms with Crippen molar-refractivity contribution < 1.29 is 14.3 Å². The lowest BCUT2D eigenvalue weighted by atomic mass is 9.88. The summed E-state index contributed by atoms with van der Waals surface area (Å²) in [6.45, 7) is 3.14. The number of pyridine rings is 1. The molecule has 0 spiro atoms. The van der Waals surface area contributed by atoms with Crippen molar-refractivity contribution in [2.75, 3.05) is 13.2 Å². The standard InChI is InChI=1S/C15H22N2O3/c1-12-6-2-3-8-14(12)20-11-9-16-15(18)13-7-4-5-10-17(13)19/h4-5,7,10,12,14H,2-3,6,8-9,11H2,1H3,(H,16,18)/t12-,14-/m1/s1. The maximum atomic E-state index is 11.8. The van der Waals surface area contributed by atoms with Crippen molar-refractivity contribution in [2.45, 2.75) is 38.7 Å². The van der Waals surface area contributed by atoms with E-state index in [-0.39, 0.29) is 11.6 Å². The summed E-state index contributed by atoms with van der Waals surface area (Å²) in [6, 6.07) is 4.77. The van der Waals surface area contributed by atoms with E-state index >= 15 is 0 Å². The zero-order valence-electron chi connectivity index (χ0n) is 11.9.